The number of piperidine rings is 1. The van der Waals surface area contributed by atoms with Crippen molar-refractivity contribution < 1.29 is 23.8 Å². The second-order valence-corrected chi connectivity index (χ2v) is 12.7. The fourth-order valence-corrected chi connectivity index (χ4v) is 7.35. The molecule has 1 amide bonds. The summed E-state index contributed by atoms with van der Waals surface area (Å²) in [6.07, 6.45) is 4.44. The highest BCUT2D eigenvalue weighted by Crippen LogP contribution is 2.39. The summed E-state index contributed by atoms with van der Waals surface area (Å²) in [6.45, 7) is 3.79. The van der Waals surface area contributed by atoms with Crippen LogP contribution >= 0.6 is 0 Å². The van der Waals surface area contributed by atoms with Crippen molar-refractivity contribution in [3.8, 4) is 6.01 Å². The predicted octanol–water partition coefficient (Wildman–Crippen LogP) is 5.68. The number of ether oxygens (including phenoxy) is 1. The fourth-order valence-electron chi connectivity index (χ4n) is 7.35. The van der Waals surface area contributed by atoms with E-state index in [2.05, 4.69) is 11.5 Å². The molecule has 2 saturated heterocycles. The molecule has 232 valence electrons. The molecule has 11 nitrogen and oxygen atoms in total. The molecule has 4 aliphatic rings. The minimum Gasteiger partial charge on any atom is -0.480 e. The van der Waals surface area contributed by atoms with E-state index >= 15 is 0 Å². The van der Waals surface area contributed by atoms with Crippen molar-refractivity contribution in [3.05, 3.63) is 54.4 Å². The fraction of sp³-hybridized carbons (Fsp3) is 0.441. The van der Waals surface area contributed by atoms with Gasteiger partial charge in [-0.2, -0.15) is 4.98 Å². The molecule has 0 spiro atoms. The second-order valence-electron chi connectivity index (χ2n) is 12.7. The standard InChI is InChI=1S/C34H36N6O5/c1-20-8-2-7-13-28(41)38-16-14-21(15-17-38)40-25-11-5-4-10-24(25)35-34(40)44-22-18-26(33(42)43)39(19-22)32-30-29(36-31(20)37-32)23-9-3-6-12-27(23)45-30/h3-6,9-12,20-22,26H,2,7-8,13-19H2,1H3,(H,42,43)/t20-,22+,26+/m1/s1. The number of carboxylic acid groups (broad SMARTS) is 1. The van der Waals surface area contributed by atoms with Crippen LogP contribution in [0.15, 0.2) is 52.9 Å². The normalized spacial score (nSPS) is 24.4. The Morgan fingerprint density at radius 2 is 1.78 bits per heavy atom. The maximum absolute atomic E-state index is 13.1. The number of aromatic nitrogens is 4. The number of anilines is 1. The molecule has 4 aliphatic heterocycles. The molecule has 45 heavy (non-hydrogen) atoms. The van der Waals surface area contributed by atoms with Gasteiger partial charge in [0.25, 0.3) is 6.01 Å². The molecule has 1 N–H and O–H groups in total. The molecular weight excluding hydrogens is 572 g/mol. The van der Waals surface area contributed by atoms with Crippen LogP contribution in [0.25, 0.3) is 33.1 Å². The van der Waals surface area contributed by atoms with E-state index in [-0.39, 0.29) is 24.3 Å². The predicted molar refractivity (Wildman–Crippen MR) is 169 cm³/mol. The van der Waals surface area contributed by atoms with Crippen LogP contribution in [-0.2, 0) is 9.59 Å². The third-order valence-corrected chi connectivity index (χ3v) is 9.78. The number of nitrogens with zero attached hydrogens (tertiary/aromatic N) is 6. The van der Waals surface area contributed by atoms with Gasteiger partial charge in [0.2, 0.25) is 5.91 Å². The quantitative estimate of drug-likeness (QED) is 0.256. The van der Waals surface area contributed by atoms with E-state index in [1.54, 1.807) is 0 Å². The Hall–Kier alpha value is -4.67. The highest BCUT2D eigenvalue weighted by atomic mass is 16.5. The molecule has 5 aromatic rings. The number of hydrogen-bond donors (Lipinski definition) is 1. The van der Waals surface area contributed by atoms with Crippen molar-refractivity contribution >= 4 is 50.8 Å². The number of furan rings is 1. The van der Waals surface area contributed by atoms with Crippen LogP contribution in [0, 0.1) is 0 Å². The Labute approximate surface area is 259 Å². The molecule has 0 aliphatic carbocycles. The lowest BCUT2D eigenvalue weighted by Gasteiger charge is -2.33. The van der Waals surface area contributed by atoms with Crippen LogP contribution in [0.5, 0.6) is 6.01 Å². The number of para-hydroxylation sites is 3. The van der Waals surface area contributed by atoms with Gasteiger partial charge in [0.1, 0.15) is 29.1 Å². The molecule has 0 radical (unpaired) electrons. The lowest BCUT2D eigenvalue weighted by molar-refractivity contribution is -0.138. The second kappa shape index (κ2) is 11.0. The Morgan fingerprint density at radius 1 is 0.978 bits per heavy atom. The van der Waals surface area contributed by atoms with E-state index in [1.165, 1.54) is 0 Å². The number of fused-ring (bicyclic) bond motifs is 11. The van der Waals surface area contributed by atoms with Crippen LogP contribution in [0.3, 0.4) is 0 Å². The lowest BCUT2D eigenvalue weighted by Crippen LogP contribution is -2.39. The van der Waals surface area contributed by atoms with Gasteiger partial charge in [-0.1, -0.05) is 37.6 Å². The first-order valence-corrected chi connectivity index (χ1v) is 16.0. The number of aliphatic carboxylic acids is 1. The van der Waals surface area contributed by atoms with Gasteiger partial charge in [0, 0.05) is 43.3 Å². The molecule has 2 aromatic carbocycles. The van der Waals surface area contributed by atoms with Gasteiger partial charge < -0.3 is 24.1 Å². The summed E-state index contributed by atoms with van der Waals surface area (Å²) in [5.41, 5.74) is 3.65. The van der Waals surface area contributed by atoms with Gasteiger partial charge in [0.05, 0.1) is 17.6 Å². The summed E-state index contributed by atoms with van der Waals surface area (Å²) in [4.78, 5) is 44.6. The number of carbonyl (C=O) groups is 2. The first-order valence-electron chi connectivity index (χ1n) is 16.0. The first kappa shape index (κ1) is 27.8. The maximum atomic E-state index is 13.1. The van der Waals surface area contributed by atoms with Crippen LogP contribution in [0.4, 0.5) is 5.82 Å². The molecule has 3 atom stereocenters. The zero-order chi connectivity index (χ0) is 30.7. The topological polar surface area (TPSA) is 127 Å². The number of carboxylic acids is 1. The molecule has 7 heterocycles. The molecule has 11 heteroatoms. The van der Waals surface area contributed by atoms with Crippen molar-refractivity contribution in [2.24, 2.45) is 0 Å². The van der Waals surface area contributed by atoms with Crippen LogP contribution in [0.1, 0.15) is 69.7 Å². The maximum Gasteiger partial charge on any atom is 0.326 e. The molecule has 0 saturated carbocycles. The van der Waals surface area contributed by atoms with Crippen LogP contribution in [-0.4, -0.2) is 73.2 Å². The minimum absolute atomic E-state index is 0.00702. The smallest absolute Gasteiger partial charge is 0.326 e. The Kier molecular flexibility index (Phi) is 6.84. The summed E-state index contributed by atoms with van der Waals surface area (Å²) >= 11 is 0. The van der Waals surface area contributed by atoms with Crippen LogP contribution < -0.4 is 9.64 Å². The number of carbonyl (C=O) groups excluding carboxylic acids is 1. The molecule has 9 rings (SSSR count). The summed E-state index contributed by atoms with van der Waals surface area (Å²) < 4.78 is 15.1. The SMILES string of the molecule is C[C@@H]1CCCCC(=O)N2CCC(CC2)n2c(nc3ccccc32)O[C@H]2C[C@@H](C(=O)O)N(C2)c2nc1nc1c2oc2ccccc21. The molecule has 3 aromatic heterocycles. The molecule has 0 unspecified atom stereocenters. The number of hydrogen-bond acceptors (Lipinski definition) is 8. The summed E-state index contributed by atoms with van der Waals surface area (Å²) in [7, 11) is 0. The van der Waals surface area contributed by atoms with Crippen molar-refractivity contribution in [3.63, 3.8) is 0 Å². The van der Waals surface area contributed by atoms with E-state index in [4.69, 9.17) is 24.1 Å². The van der Waals surface area contributed by atoms with Gasteiger partial charge in [-0.3, -0.25) is 9.36 Å². The van der Waals surface area contributed by atoms with Crippen molar-refractivity contribution in [1.29, 1.82) is 0 Å². The van der Waals surface area contributed by atoms with E-state index in [0.717, 1.165) is 48.5 Å². The molecular formula is C34H36N6O5. The van der Waals surface area contributed by atoms with Crippen molar-refractivity contribution in [2.75, 3.05) is 24.5 Å². The van der Waals surface area contributed by atoms with Gasteiger partial charge >= 0.3 is 5.97 Å². The van der Waals surface area contributed by atoms with Gasteiger partial charge in [0.15, 0.2) is 11.4 Å². The third-order valence-electron chi connectivity index (χ3n) is 9.78. The van der Waals surface area contributed by atoms with E-state index in [0.29, 0.717) is 60.4 Å². The largest absolute Gasteiger partial charge is 0.480 e. The van der Waals surface area contributed by atoms with E-state index in [9.17, 15) is 14.7 Å². The lowest BCUT2D eigenvalue weighted by atomic mass is 10.0. The Balaban J connectivity index is 1.25. The number of amides is 1. The van der Waals surface area contributed by atoms with E-state index < -0.39 is 18.1 Å². The number of imidazole rings is 1. The summed E-state index contributed by atoms with van der Waals surface area (Å²) in [6, 6.07) is 15.4. The highest BCUT2D eigenvalue weighted by molar-refractivity contribution is 6.06. The highest BCUT2D eigenvalue weighted by Gasteiger charge is 2.42. The Morgan fingerprint density at radius 3 is 2.62 bits per heavy atom. The summed E-state index contributed by atoms with van der Waals surface area (Å²) in [5.74, 6) is 0.398. The first-order chi connectivity index (χ1) is 21.9. The third kappa shape index (κ3) is 4.85. The van der Waals surface area contributed by atoms with Gasteiger partial charge in [-0.15, -0.1) is 0 Å². The monoisotopic (exact) mass is 608 g/mol. The minimum atomic E-state index is -0.939. The average Bonchev–Trinajstić information content (AvgIpc) is 3.75. The van der Waals surface area contributed by atoms with Crippen LogP contribution in [0.2, 0.25) is 0 Å². The van der Waals surface area contributed by atoms with Gasteiger partial charge in [-0.05, 0) is 49.9 Å². The van der Waals surface area contributed by atoms with Gasteiger partial charge in [-0.25, -0.2) is 14.8 Å². The number of rotatable bonds is 1. The Bertz CT molecular complexity index is 1920. The zero-order valence-corrected chi connectivity index (χ0v) is 25.3. The molecule has 6 bridgehead atoms. The average molecular weight is 609 g/mol. The van der Waals surface area contributed by atoms with Crippen molar-refractivity contribution in [1.82, 2.24) is 24.4 Å². The zero-order valence-electron chi connectivity index (χ0n) is 25.3. The summed E-state index contributed by atoms with van der Waals surface area (Å²) in [5, 5.41) is 11.3. The van der Waals surface area contributed by atoms with E-state index in [1.807, 2.05) is 58.3 Å². The number of benzene rings is 2. The van der Waals surface area contributed by atoms with Crippen molar-refractivity contribution in [2.45, 2.75) is 76.0 Å². The molecule has 2 fully saturated rings.